The first-order valence-corrected chi connectivity index (χ1v) is 7.98. The lowest BCUT2D eigenvalue weighted by Crippen LogP contribution is -2.34. The van der Waals surface area contributed by atoms with E-state index in [1.54, 1.807) is 14.2 Å². The van der Waals surface area contributed by atoms with Crippen LogP contribution in [-0.2, 0) is 16.6 Å². The van der Waals surface area contributed by atoms with Crippen LogP contribution in [0.2, 0.25) is 0 Å². The Morgan fingerprint density at radius 3 is 2.38 bits per heavy atom. The second-order valence-electron chi connectivity index (χ2n) is 5.40. The average Bonchev–Trinajstić information content (AvgIpc) is 2.96. The number of ether oxygens (including phenoxy) is 2. The Balaban J connectivity index is 2.76. The summed E-state index contributed by atoms with van der Waals surface area (Å²) in [5.41, 5.74) is 0.963. The molecule has 2 rings (SSSR count). The van der Waals surface area contributed by atoms with Gasteiger partial charge in [-0.1, -0.05) is 35.7 Å². The van der Waals surface area contributed by atoms with Crippen molar-refractivity contribution in [2.75, 3.05) is 14.2 Å². The number of carbonyl (C=O) groups is 1. The van der Waals surface area contributed by atoms with Crippen molar-refractivity contribution < 1.29 is 19.4 Å². The summed E-state index contributed by atoms with van der Waals surface area (Å²) in [6, 6.07) is 1.82. The summed E-state index contributed by atoms with van der Waals surface area (Å²) >= 11 is 3.56. The van der Waals surface area contributed by atoms with Gasteiger partial charge in [-0.3, -0.25) is 4.79 Å². The van der Waals surface area contributed by atoms with Crippen molar-refractivity contribution in [3.05, 3.63) is 21.7 Å². The van der Waals surface area contributed by atoms with E-state index in [0.717, 1.165) is 28.4 Å². The molecule has 0 bridgehead atoms. The minimum absolute atomic E-state index is 0.628. The van der Waals surface area contributed by atoms with Crippen LogP contribution in [0.1, 0.15) is 43.7 Å². The van der Waals surface area contributed by atoms with Crippen molar-refractivity contribution in [2.24, 2.45) is 0 Å². The highest BCUT2D eigenvalue weighted by molar-refractivity contribution is 9.10. The Labute approximate surface area is 133 Å². The molecule has 0 saturated heterocycles. The van der Waals surface area contributed by atoms with Crippen LogP contribution in [-0.4, -0.2) is 25.3 Å². The van der Waals surface area contributed by atoms with Gasteiger partial charge in [-0.2, -0.15) is 0 Å². The molecule has 0 unspecified atom stereocenters. The molecule has 0 atom stereocenters. The lowest BCUT2D eigenvalue weighted by atomic mass is 9.76. The molecule has 0 aliphatic heterocycles. The van der Waals surface area contributed by atoms with E-state index in [1.807, 2.05) is 13.0 Å². The predicted octanol–water partition coefficient (Wildman–Crippen LogP) is 3.93. The summed E-state index contributed by atoms with van der Waals surface area (Å²) in [5, 5.41) is 9.86. The van der Waals surface area contributed by atoms with E-state index >= 15 is 0 Å². The Kier molecular flexibility index (Phi) is 4.81. The van der Waals surface area contributed by atoms with Crippen LogP contribution in [0, 0.1) is 0 Å². The summed E-state index contributed by atoms with van der Waals surface area (Å²) in [4.78, 5) is 12.0. The maximum atomic E-state index is 12.0. The maximum absolute atomic E-state index is 12.0. The number of carboxylic acids is 1. The maximum Gasteiger partial charge on any atom is 0.314 e. The number of hydrogen-bond acceptors (Lipinski definition) is 3. The summed E-state index contributed by atoms with van der Waals surface area (Å²) in [6.07, 6.45) is 3.92. The van der Waals surface area contributed by atoms with E-state index in [0.29, 0.717) is 30.8 Å². The van der Waals surface area contributed by atoms with Gasteiger partial charge in [0.05, 0.1) is 19.6 Å². The zero-order valence-electron chi connectivity index (χ0n) is 12.7. The molecule has 1 fully saturated rings. The van der Waals surface area contributed by atoms with Crippen LogP contribution in [0.4, 0.5) is 0 Å². The van der Waals surface area contributed by atoms with Gasteiger partial charge in [0.25, 0.3) is 0 Å². The molecule has 1 saturated carbocycles. The van der Waals surface area contributed by atoms with E-state index in [9.17, 15) is 9.90 Å². The molecular weight excluding hydrogens is 336 g/mol. The highest BCUT2D eigenvalue weighted by atomic mass is 79.9. The number of aliphatic carboxylic acids is 1. The third-order valence-electron chi connectivity index (χ3n) is 4.42. The van der Waals surface area contributed by atoms with Crippen LogP contribution in [0.15, 0.2) is 10.5 Å². The molecule has 0 spiro atoms. The van der Waals surface area contributed by atoms with Gasteiger partial charge in [0.1, 0.15) is 0 Å². The standard InChI is InChI=1S/C16H21BrO4/c1-4-10-13(16(15(18)19)7-5-6-8-16)11(17)9-12(20-2)14(10)21-3/h9H,4-8H2,1-3H3,(H,18,19). The molecule has 0 aromatic heterocycles. The first kappa shape index (κ1) is 16.1. The Bertz CT molecular complexity index is 548. The predicted molar refractivity (Wildman–Crippen MR) is 84.4 cm³/mol. The monoisotopic (exact) mass is 356 g/mol. The molecule has 0 heterocycles. The van der Waals surface area contributed by atoms with E-state index < -0.39 is 11.4 Å². The average molecular weight is 357 g/mol. The van der Waals surface area contributed by atoms with Crippen molar-refractivity contribution in [1.82, 2.24) is 0 Å². The molecule has 0 amide bonds. The molecular formula is C16H21BrO4. The fourth-order valence-electron chi connectivity index (χ4n) is 3.44. The number of halogens is 1. The van der Waals surface area contributed by atoms with Gasteiger partial charge >= 0.3 is 5.97 Å². The first-order chi connectivity index (χ1) is 10.0. The molecule has 1 aromatic rings. The molecule has 1 aromatic carbocycles. The molecule has 116 valence electrons. The number of rotatable bonds is 5. The molecule has 4 nitrogen and oxygen atoms in total. The van der Waals surface area contributed by atoms with E-state index in [1.165, 1.54) is 0 Å². The van der Waals surface area contributed by atoms with Crippen LogP contribution in [0.3, 0.4) is 0 Å². The number of methoxy groups -OCH3 is 2. The van der Waals surface area contributed by atoms with Gasteiger partial charge in [-0.15, -0.1) is 0 Å². The zero-order valence-corrected chi connectivity index (χ0v) is 14.2. The highest BCUT2D eigenvalue weighted by Gasteiger charge is 2.46. The van der Waals surface area contributed by atoms with Gasteiger partial charge in [-0.05, 0) is 30.9 Å². The minimum atomic E-state index is -0.816. The van der Waals surface area contributed by atoms with Gasteiger partial charge in [0, 0.05) is 10.0 Å². The van der Waals surface area contributed by atoms with E-state index in [4.69, 9.17) is 9.47 Å². The van der Waals surface area contributed by atoms with Crippen molar-refractivity contribution in [3.8, 4) is 11.5 Å². The Morgan fingerprint density at radius 1 is 1.33 bits per heavy atom. The van der Waals surface area contributed by atoms with Crippen LogP contribution < -0.4 is 9.47 Å². The van der Waals surface area contributed by atoms with Crippen molar-refractivity contribution in [2.45, 2.75) is 44.4 Å². The molecule has 1 aliphatic carbocycles. The molecule has 1 N–H and O–H groups in total. The number of carboxylic acid groups (broad SMARTS) is 1. The van der Waals surface area contributed by atoms with Crippen molar-refractivity contribution >= 4 is 21.9 Å². The van der Waals surface area contributed by atoms with E-state index in [-0.39, 0.29) is 0 Å². The van der Waals surface area contributed by atoms with Gasteiger partial charge in [-0.25, -0.2) is 0 Å². The smallest absolute Gasteiger partial charge is 0.314 e. The topological polar surface area (TPSA) is 55.8 Å². The second-order valence-corrected chi connectivity index (χ2v) is 6.25. The van der Waals surface area contributed by atoms with E-state index in [2.05, 4.69) is 15.9 Å². The summed E-state index contributed by atoms with van der Waals surface area (Å²) in [6.45, 7) is 2.01. The molecule has 1 aliphatic rings. The fourth-order valence-corrected chi connectivity index (χ4v) is 4.27. The zero-order chi connectivity index (χ0) is 15.6. The molecule has 21 heavy (non-hydrogen) atoms. The normalized spacial score (nSPS) is 16.8. The van der Waals surface area contributed by atoms with Gasteiger partial charge < -0.3 is 14.6 Å². The van der Waals surface area contributed by atoms with Gasteiger partial charge in [0.15, 0.2) is 11.5 Å². The Hall–Kier alpha value is -1.23. The molecule has 5 heteroatoms. The largest absolute Gasteiger partial charge is 0.493 e. The second kappa shape index (κ2) is 6.26. The summed E-state index contributed by atoms with van der Waals surface area (Å²) in [7, 11) is 3.18. The first-order valence-electron chi connectivity index (χ1n) is 7.19. The van der Waals surface area contributed by atoms with Crippen LogP contribution in [0.25, 0.3) is 0 Å². The van der Waals surface area contributed by atoms with Crippen molar-refractivity contribution in [1.29, 1.82) is 0 Å². The molecule has 0 radical (unpaired) electrons. The minimum Gasteiger partial charge on any atom is -0.493 e. The third-order valence-corrected chi connectivity index (χ3v) is 5.04. The van der Waals surface area contributed by atoms with Crippen molar-refractivity contribution in [3.63, 3.8) is 0 Å². The lowest BCUT2D eigenvalue weighted by molar-refractivity contribution is -0.143. The quantitative estimate of drug-likeness (QED) is 0.868. The summed E-state index contributed by atoms with van der Waals surface area (Å²) in [5.74, 6) is 0.525. The lowest BCUT2D eigenvalue weighted by Gasteiger charge is -2.30. The van der Waals surface area contributed by atoms with Crippen LogP contribution >= 0.6 is 15.9 Å². The van der Waals surface area contributed by atoms with Gasteiger partial charge in [0.2, 0.25) is 0 Å². The SMILES string of the molecule is CCc1c(OC)c(OC)cc(Br)c1C1(C(=O)O)CCCC1. The fraction of sp³-hybridized carbons (Fsp3) is 0.562. The summed E-state index contributed by atoms with van der Waals surface area (Å²) < 4.78 is 11.7. The number of benzene rings is 1. The Morgan fingerprint density at radius 2 is 1.95 bits per heavy atom. The number of hydrogen-bond donors (Lipinski definition) is 1. The van der Waals surface area contributed by atoms with Crippen LogP contribution in [0.5, 0.6) is 11.5 Å². The third kappa shape index (κ3) is 2.52. The highest BCUT2D eigenvalue weighted by Crippen LogP contribution is 2.50.